The van der Waals surface area contributed by atoms with Crippen molar-refractivity contribution in [3.8, 4) is 11.8 Å². The minimum absolute atomic E-state index is 0.582. The normalized spacial score (nSPS) is 9.94. The van der Waals surface area contributed by atoms with Crippen LogP contribution in [0.3, 0.4) is 0 Å². The van der Waals surface area contributed by atoms with Gasteiger partial charge in [0, 0.05) is 6.54 Å². The summed E-state index contributed by atoms with van der Waals surface area (Å²) < 4.78 is 5.17. The fraction of sp³-hybridized carbons (Fsp3) is 0.462. The van der Waals surface area contributed by atoms with Crippen LogP contribution in [0.15, 0.2) is 18.2 Å². The molecule has 0 heterocycles. The van der Waals surface area contributed by atoms with Gasteiger partial charge in [-0.15, -0.1) is 0 Å². The van der Waals surface area contributed by atoms with Gasteiger partial charge in [-0.3, -0.25) is 0 Å². The maximum atomic E-state index is 8.87. The fourth-order valence-corrected chi connectivity index (χ4v) is 1.95. The molecule has 0 aliphatic rings. The Bertz CT molecular complexity index is 387. The van der Waals surface area contributed by atoms with Crippen LogP contribution in [0.5, 0.6) is 5.75 Å². The number of nitrogens with zero attached hydrogens (tertiary/aromatic N) is 1. The van der Waals surface area contributed by atoms with E-state index < -0.39 is 0 Å². The van der Waals surface area contributed by atoms with Gasteiger partial charge in [0.1, 0.15) is 11.8 Å². The van der Waals surface area contributed by atoms with E-state index in [4.69, 9.17) is 10.00 Å². The van der Waals surface area contributed by atoms with Crippen molar-refractivity contribution in [2.24, 2.45) is 0 Å². The molecule has 1 aromatic rings. The lowest BCUT2D eigenvalue weighted by Gasteiger charge is -2.07. The van der Waals surface area contributed by atoms with E-state index in [2.05, 4.69) is 17.6 Å². The number of nitriles is 1. The van der Waals surface area contributed by atoms with Crippen LogP contribution in [0, 0.1) is 11.3 Å². The molecule has 1 aromatic carbocycles. The molecule has 0 bridgehead atoms. The van der Waals surface area contributed by atoms with Gasteiger partial charge >= 0.3 is 0 Å². The van der Waals surface area contributed by atoms with E-state index in [1.54, 1.807) is 13.2 Å². The number of rotatable bonds is 7. The Labute approximate surface area is 107 Å². The Balaban J connectivity index is 2.47. The average Bonchev–Trinajstić information content (AvgIpc) is 2.38. The van der Waals surface area contributed by atoms with Gasteiger partial charge in [0.05, 0.1) is 12.7 Å². The lowest BCUT2D eigenvalue weighted by molar-refractivity contribution is 0.412. The van der Waals surface area contributed by atoms with Crippen LogP contribution in [0.2, 0.25) is 0 Å². The summed E-state index contributed by atoms with van der Waals surface area (Å²) in [4.78, 5) is 0. The molecule has 17 heavy (non-hydrogen) atoms. The third-order valence-corrected chi connectivity index (χ3v) is 3.11. The largest absolute Gasteiger partial charge is 0.495 e. The smallest absolute Gasteiger partial charge is 0.136 e. The highest BCUT2D eigenvalue weighted by atomic mass is 32.2. The maximum absolute atomic E-state index is 8.87. The number of methoxy groups -OCH3 is 1. The SMILES string of the molecule is COc1cc(CNCCCSC)ccc1C#N. The lowest BCUT2D eigenvalue weighted by atomic mass is 10.1. The summed E-state index contributed by atoms with van der Waals surface area (Å²) in [5.41, 5.74) is 1.73. The molecule has 0 unspecified atom stereocenters. The van der Waals surface area contributed by atoms with Crippen molar-refractivity contribution >= 4 is 11.8 Å². The summed E-state index contributed by atoms with van der Waals surface area (Å²) in [5, 5.41) is 12.2. The molecule has 0 aliphatic carbocycles. The van der Waals surface area contributed by atoms with Crippen molar-refractivity contribution in [2.45, 2.75) is 13.0 Å². The third kappa shape index (κ3) is 4.68. The number of hydrogen-bond donors (Lipinski definition) is 1. The molecule has 0 spiro atoms. The molecule has 4 heteroatoms. The Morgan fingerprint density at radius 1 is 1.47 bits per heavy atom. The van der Waals surface area contributed by atoms with Crippen LogP contribution in [0.25, 0.3) is 0 Å². The van der Waals surface area contributed by atoms with Gasteiger partial charge in [-0.25, -0.2) is 0 Å². The summed E-state index contributed by atoms with van der Waals surface area (Å²) in [7, 11) is 1.59. The van der Waals surface area contributed by atoms with E-state index in [0.29, 0.717) is 11.3 Å². The number of nitrogens with one attached hydrogen (secondary N) is 1. The highest BCUT2D eigenvalue weighted by Crippen LogP contribution is 2.18. The van der Waals surface area contributed by atoms with Crippen molar-refractivity contribution in [1.82, 2.24) is 5.32 Å². The molecular formula is C13H18N2OS. The summed E-state index contributed by atoms with van der Waals surface area (Å²) in [6.45, 7) is 1.83. The van der Waals surface area contributed by atoms with E-state index in [1.165, 1.54) is 12.2 Å². The Kier molecular flexibility index (Phi) is 6.53. The van der Waals surface area contributed by atoms with Gasteiger partial charge in [0.25, 0.3) is 0 Å². The van der Waals surface area contributed by atoms with Gasteiger partial charge < -0.3 is 10.1 Å². The highest BCUT2D eigenvalue weighted by molar-refractivity contribution is 7.98. The first-order valence-corrected chi connectivity index (χ1v) is 6.98. The predicted octanol–water partition coefficient (Wildman–Crippen LogP) is 2.41. The lowest BCUT2D eigenvalue weighted by Crippen LogP contribution is -2.15. The summed E-state index contributed by atoms with van der Waals surface area (Å²) in [6, 6.07) is 7.79. The summed E-state index contributed by atoms with van der Waals surface area (Å²) >= 11 is 1.86. The first-order valence-electron chi connectivity index (χ1n) is 5.58. The Hall–Kier alpha value is -1.18. The second kappa shape index (κ2) is 7.99. The zero-order valence-corrected chi connectivity index (χ0v) is 11.1. The third-order valence-electron chi connectivity index (χ3n) is 2.42. The quantitative estimate of drug-likeness (QED) is 0.755. The van der Waals surface area contributed by atoms with E-state index in [-0.39, 0.29) is 0 Å². The van der Waals surface area contributed by atoms with Crippen molar-refractivity contribution < 1.29 is 4.74 Å². The van der Waals surface area contributed by atoms with Gasteiger partial charge in [-0.2, -0.15) is 17.0 Å². The second-order valence-electron chi connectivity index (χ2n) is 3.67. The molecule has 0 aliphatic heterocycles. The van der Waals surface area contributed by atoms with Gasteiger partial charge in [0.15, 0.2) is 0 Å². The van der Waals surface area contributed by atoms with Crippen molar-refractivity contribution in [3.63, 3.8) is 0 Å². The molecule has 0 fully saturated rings. The molecular weight excluding hydrogens is 232 g/mol. The summed E-state index contributed by atoms with van der Waals surface area (Å²) in [6.07, 6.45) is 3.29. The maximum Gasteiger partial charge on any atom is 0.136 e. The number of thioether (sulfide) groups is 1. The zero-order chi connectivity index (χ0) is 12.5. The Morgan fingerprint density at radius 3 is 2.94 bits per heavy atom. The molecule has 0 radical (unpaired) electrons. The van der Waals surface area contributed by atoms with Crippen LogP contribution in [0.1, 0.15) is 17.5 Å². The zero-order valence-electron chi connectivity index (χ0n) is 10.3. The van der Waals surface area contributed by atoms with Crippen LogP contribution >= 0.6 is 11.8 Å². The number of hydrogen-bond acceptors (Lipinski definition) is 4. The van der Waals surface area contributed by atoms with Crippen LogP contribution in [0.4, 0.5) is 0 Å². The monoisotopic (exact) mass is 250 g/mol. The van der Waals surface area contributed by atoms with Gasteiger partial charge in [0.2, 0.25) is 0 Å². The van der Waals surface area contributed by atoms with E-state index in [9.17, 15) is 0 Å². The standard InChI is InChI=1S/C13H18N2OS/c1-16-13-8-11(4-5-12(13)9-14)10-15-6-3-7-17-2/h4-5,8,15H,3,6-7,10H2,1-2H3. The number of benzene rings is 1. The average molecular weight is 250 g/mol. The minimum atomic E-state index is 0.582. The van der Waals surface area contributed by atoms with Crippen molar-refractivity contribution in [3.05, 3.63) is 29.3 Å². The van der Waals surface area contributed by atoms with E-state index in [1.807, 2.05) is 23.9 Å². The van der Waals surface area contributed by atoms with Crippen molar-refractivity contribution in [2.75, 3.05) is 25.7 Å². The van der Waals surface area contributed by atoms with Crippen molar-refractivity contribution in [1.29, 1.82) is 5.26 Å². The highest BCUT2D eigenvalue weighted by Gasteiger charge is 2.03. The molecule has 92 valence electrons. The molecule has 3 nitrogen and oxygen atoms in total. The second-order valence-corrected chi connectivity index (χ2v) is 4.66. The molecule has 1 rings (SSSR count). The topological polar surface area (TPSA) is 45.0 Å². The fourth-order valence-electron chi connectivity index (χ4n) is 1.51. The first kappa shape index (κ1) is 13.9. The molecule has 1 N–H and O–H groups in total. The van der Waals surface area contributed by atoms with Gasteiger partial charge in [-0.1, -0.05) is 6.07 Å². The summed E-state index contributed by atoms with van der Waals surface area (Å²) in [5.74, 6) is 1.83. The molecule has 0 saturated heterocycles. The molecule has 0 saturated carbocycles. The molecule has 0 atom stereocenters. The van der Waals surface area contributed by atoms with Crippen LogP contribution < -0.4 is 10.1 Å². The minimum Gasteiger partial charge on any atom is -0.495 e. The predicted molar refractivity (Wildman–Crippen MR) is 72.4 cm³/mol. The van der Waals surface area contributed by atoms with Crippen LogP contribution in [-0.2, 0) is 6.54 Å². The Morgan fingerprint density at radius 2 is 2.29 bits per heavy atom. The van der Waals surface area contributed by atoms with E-state index in [0.717, 1.165) is 18.7 Å². The van der Waals surface area contributed by atoms with E-state index >= 15 is 0 Å². The molecule has 0 aromatic heterocycles. The molecule has 0 amide bonds. The van der Waals surface area contributed by atoms with Crippen LogP contribution in [-0.4, -0.2) is 25.7 Å². The number of ether oxygens (including phenoxy) is 1. The first-order chi connectivity index (χ1) is 8.31. The van der Waals surface area contributed by atoms with Gasteiger partial charge in [-0.05, 0) is 42.7 Å².